The summed E-state index contributed by atoms with van der Waals surface area (Å²) in [4.78, 5) is 2.40. The van der Waals surface area contributed by atoms with Crippen molar-refractivity contribution in [2.45, 2.75) is 50.5 Å². The monoisotopic (exact) mass is 224 g/mol. The fraction of sp³-hybridized carbons (Fsp3) is 0.917. The molecule has 3 unspecified atom stereocenters. The number of nitrogens with zero attached hydrogens (tertiary/aromatic N) is 2. The zero-order chi connectivity index (χ0) is 11.4. The van der Waals surface area contributed by atoms with Gasteiger partial charge in [-0.3, -0.25) is 0 Å². The molecule has 0 aromatic rings. The Morgan fingerprint density at radius 2 is 2.31 bits per heavy atom. The summed E-state index contributed by atoms with van der Waals surface area (Å²) in [5.41, 5.74) is 0. The topological polar surface area (TPSA) is 45.5 Å². The number of hydrogen-bond acceptors (Lipinski definition) is 4. The van der Waals surface area contributed by atoms with Gasteiger partial charge in [0, 0.05) is 12.5 Å². The van der Waals surface area contributed by atoms with Crippen molar-refractivity contribution in [1.29, 1.82) is 5.26 Å². The first-order chi connectivity index (χ1) is 7.79. The summed E-state index contributed by atoms with van der Waals surface area (Å²) in [6, 6.07) is 2.71. The quantitative estimate of drug-likeness (QED) is 0.729. The van der Waals surface area contributed by atoms with Crippen molar-refractivity contribution in [3.63, 3.8) is 0 Å². The van der Waals surface area contributed by atoms with Gasteiger partial charge < -0.3 is 14.4 Å². The number of rotatable bonds is 3. The highest BCUT2D eigenvalue weighted by Gasteiger charge is 2.30. The Morgan fingerprint density at radius 3 is 3.06 bits per heavy atom. The zero-order valence-corrected chi connectivity index (χ0v) is 9.89. The molecule has 0 N–H and O–H groups in total. The van der Waals surface area contributed by atoms with Gasteiger partial charge in [0.25, 0.3) is 0 Å². The molecule has 2 rings (SSSR count). The molecule has 0 bridgehead atoms. The SMILES string of the molecule is CN1CCCCC1CC1OCC(CC#N)O1. The van der Waals surface area contributed by atoms with Crippen molar-refractivity contribution in [2.75, 3.05) is 20.2 Å². The van der Waals surface area contributed by atoms with Gasteiger partial charge in [-0.25, -0.2) is 0 Å². The predicted octanol–water partition coefficient (Wildman–Crippen LogP) is 1.52. The van der Waals surface area contributed by atoms with Crippen molar-refractivity contribution >= 4 is 0 Å². The van der Waals surface area contributed by atoms with Crippen LogP contribution in [0.3, 0.4) is 0 Å². The summed E-state index contributed by atoms with van der Waals surface area (Å²) in [5, 5.41) is 8.58. The summed E-state index contributed by atoms with van der Waals surface area (Å²) in [5.74, 6) is 0. The van der Waals surface area contributed by atoms with E-state index in [4.69, 9.17) is 14.7 Å². The minimum absolute atomic E-state index is 0.0103. The lowest BCUT2D eigenvalue weighted by Crippen LogP contribution is -2.38. The van der Waals surface area contributed by atoms with E-state index in [-0.39, 0.29) is 12.4 Å². The highest BCUT2D eigenvalue weighted by Crippen LogP contribution is 2.24. The number of likely N-dealkylation sites (tertiary alicyclic amines) is 1. The molecule has 0 amide bonds. The van der Waals surface area contributed by atoms with Crippen molar-refractivity contribution in [3.05, 3.63) is 0 Å². The van der Waals surface area contributed by atoms with Crippen LogP contribution in [0.1, 0.15) is 32.1 Å². The van der Waals surface area contributed by atoms with E-state index in [2.05, 4.69) is 18.0 Å². The lowest BCUT2D eigenvalue weighted by atomic mass is 10.00. The second-order valence-electron chi connectivity index (χ2n) is 4.75. The molecule has 2 aliphatic heterocycles. The average molecular weight is 224 g/mol. The van der Waals surface area contributed by atoms with E-state index in [1.54, 1.807) is 0 Å². The van der Waals surface area contributed by atoms with Crippen LogP contribution in [-0.2, 0) is 9.47 Å². The van der Waals surface area contributed by atoms with Crippen LogP contribution in [0.4, 0.5) is 0 Å². The van der Waals surface area contributed by atoms with Gasteiger partial charge in [-0.05, 0) is 26.4 Å². The normalized spacial score (nSPS) is 36.1. The predicted molar refractivity (Wildman–Crippen MR) is 59.7 cm³/mol. The first-order valence-corrected chi connectivity index (χ1v) is 6.14. The van der Waals surface area contributed by atoms with Crippen LogP contribution in [0.25, 0.3) is 0 Å². The van der Waals surface area contributed by atoms with E-state index in [1.807, 2.05) is 0 Å². The fourth-order valence-corrected chi connectivity index (χ4v) is 2.50. The first-order valence-electron chi connectivity index (χ1n) is 6.14. The minimum Gasteiger partial charge on any atom is -0.350 e. The van der Waals surface area contributed by atoms with E-state index in [1.165, 1.54) is 25.8 Å². The van der Waals surface area contributed by atoms with Gasteiger partial charge in [0.2, 0.25) is 0 Å². The lowest BCUT2D eigenvalue weighted by Gasteiger charge is -2.33. The van der Waals surface area contributed by atoms with Crippen LogP contribution in [0, 0.1) is 11.3 Å². The van der Waals surface area contributed by atoms with Crippen molar-refractivity contribution in [2.24, 2.45) is 0 Å². The van der Waals surface area contributed by atoms with E-state index in [0.29, 0.717) is 19.1 Å². The third kappa shape index (κ3) is 2.94. The van der Waals surface area contributed by atoms with E-state index < -0.39 is 0 Å². The Hall–Kier alpha value is -0.630. The van der Waals surface area contributed by atoms with Gasteiger partial charge in [0.1, 0.15) is 0 Å². The van der Waals surface area contributed by atoms with Crippen LogP contribution in [0.5, 0.6) is 0 Å². The summed E-state index contributed by atoms with van der Waals surface area (Å²) in [6.45, 7) is 1.76. The highest BCUT2D eigenvalue weighted by molar-refractivity contribution is 4.81. The molecule has 2 saturated heterocycles. The molecule has 0 aromatic carbocycles. The molecule has 2 heterocycles. The van der Waals surface area contributed by atoms with Crippen molar-refractivity contribution in [1.82, 2.24) is 4.90 Å². The lowest BCUT2D eigenvalue weighted by molar-refractivity contribution is -0.0768. The van der Waals surface area contributed by atoms with Gasteiger partial charge >= 0.3 is 0 Å². The maximum Gasteiger partial charge on any atom is 0.159 e. The number of ether oxygens (including phenoxy) is 2. The van der Waals surface area contributed by atoms with Gasteiger partial charge in [0.15, 0.2) is 6.29 Å². The molecule has 3 atom stereocenters. The molecule has 2 aliphatic rings. The molecule has 4 nitrogen and oxygen atoms in total. The molecular formula is C12H20N2O2. The first kappa shape index (κ1) is 11.8. The molecule has 90 valence electrons. The largest absolute Gasteiger partial charge is 0.350 e. The van der Waals surface area contributed by atoms with Crippen LogP contribution in [-0.4, -0.2) is 43.5 Å². The van der Waals surface area contributed by atoms with E-state index in [9.17, 15) is 0 Å². The molecule has 2 fully saturated rings. The Bertz CT molecular complexity index is 264. The molecular weight excluding hydrogens is 204 g/mol. The maximum atomic E-state index is 8.58. The summed E-state index contributed by atoms with van der Waals surface area (Å²) in [7, 11) is 2.17. The highest BCUT2D eigenvalue weighted by atomic mass is 16.7. The van der Waals surface area contributed by atoms with Crippen LogP contribution in [0.2, 0.25) is 0 Å². The zero-order valence-electron chi connectivity index (χ0n) is 9.89. The molecule has 16 heavy (non-hydrogen) atoms. The third-order valence-electron chi connectivity index (χ3n) is 3.52. The van der Waals surface area contributed by atoms with Crippen LogP contribution >= 0.6 is 0 Å². The van der Waals surface area contributed by atoms with Crippen LogP contribution in [0.15, 0.2) is 0 Å². The van der Waals surface area contributed by atoms with Gasteiger partial charge in [0.05, 0.1) is 25.2 Å². The molecule has 0 spiro atoms. The smallest absolute Gasteiger partial charge is 0.159 e. The Labute approximate surface area is 97.1 Å². The molecule has 4 heteroatoms. The third-order valence-corrected chi connectivity index (χ3v) is 3.52. The van der Waals surface area contributed by atoms with E-state index in [0.717, 1.165) is 6.42 Å². The Balaban J connectivity index is 1.76. The van der Waals surface area contributed by atoms with Gasteiger partial charge in [-0.15, -0.1) is 0 Å². The van der Waals surface area contributed by atoms with E-state index >= 15 is 0 Å². The Kier molecular flexibility index (Phi) is 4.16. The summed E-state index contributed by atoms with van der Waals surface area (Å²) in [6.07, 6.45) is 5.13. The number of piperidine rings is 1. The molecule has 0 radical (unpaired) electrons. The summed E-state index contributed by atoms with van der Waals surface area (Å²) < 4.78 is 11.3. The molecule has 0 aromatic heterocycles. The van der Waals surface area contributed by atoms with Crippen molar-refractivity contribution < 1.29 is 9.47 Å². The second kappa shape index (κ2) is 5.62. The maximum absolute atomic E-state index is 8.58. The van der Waals surface area contributed by atoms with Gasteiger partial charge in [-0.2, -0.15) is 5.26 Å². The van der Waals surface area contributed by atoms with Crippen LogP contribution < -0.4 is 0 Å². The number of nitriles is 1. The van der Waals surface area contributed by atoms with Crippen molar-refractivity contribution in [3.8, 4) is 6.07 Å². The Morgan fingerprint density at radius 1 is 1.44 bits per heavy atom. The fourth-order valence-electron chi connectivity index (χ4n) is 2.50. The standard InChI is InChI=1S/C12H20N2O2/c1-14-7-3-2-4-10(14)8-12-15-9-11(16-12)5-6-13/h10-12H,2-5,7-9H2,1H3. The second-order valence-corrected chi connectivity index (χ2v) is 4.75. The summed E-state index contributed by atoms with van der Waals surface area (Å²) >= 11 is 0. The number of hydrogen-bond donors (Lipinski definition) is 0. The molecule has 0 saturated carbocycles. The minimum atomic E-state index is -0.0936. The average Bonchev–Trinajstić information content (AvgIpc) is 2.70. The van der Waals surface area contributed by atoms with Gasteiger partial charge in [-0.1, -0.05) is 6.42 Å². The molecule has 0 aliphatic carbocycles.